The van der Waals surface area contributed by atoms with Gasteiger partial charge < -0.3 is 15.2 Å². The van der Waals surface area contributed by atoms with Crippen LogP contribution in [0.25, 0.3) is 5.52 Å². The molecule has 2 N–H and O–H groups in total. The van der Waals surface area contributed by atoms with Crippen LogP contribution in [0.4, 0.5) is 5.82 Å². The molecule has 0 aliphatic carbocycles. The Labute approximate surface area is 147 Å². The second-order valence-corrected chi connectivity index (χ2v) is 6.69. The molecular weight excluding hydrogens is 316 g/mol. The Morgan fingerprint density at radius 3 is 2.64 bits per heavy atom. The number of hydrogen-bond donors (Lipinski definition) is 2. The van der Waals surface area contributed by atoms with Gasteiger partial charge in [0.1, 0.15) is 11.8 Å². The Kier molecular flexibility index (Phi) is 4.74. The summed E-state index contributed by atoms with van der Waals surface area (Å²) in [7, 11) is 1.68. The molecule has 6 heteroatoms. The highest BCUT2D eigenvalue weighted by atomic mass is 16.5. The molecule has 0 amide bonds. The normalized spacial score (nSPS) is 13.2. The molecule has 1 unspecified atom stereocenters. The fourth-order valence-corrected chi connectivity index (χ4v) is 3.12. The lowest BCUT2D eigenvalue weighted by Crippen LogP contribution is -2.18. The summed E-state index contributed by atoms with van der Waals surface area (Å²) in [6, 6.07) is 10.1. The number of ether oxygens (including phenoxy) is 1. The lowest BCUT2D eigenvalue weighted by atomic mass is 9.97. The second-order valence-electron chi connectivity index (χ2n) is 6.69. The zero-order valence-corrected chi connectivity index (χ0v) is 15.0. The number of fused-ring (bicyclic) bond motifs is 1. The molecule has 25 heavy (non-hydrogen) atoms. The molecule has 0 fully saturated rings. The summed E-state index contributed by atoms with van der Waals surface area (Å²) in [5.41, 5.74) is 2.82. The van der Waals surface area contributed by atoms with E-state index in [2.05, 4.69) is 27.5 Å². The topological polar surface area (TPSA) is 71.7 Å². The van der Waals surface area contributed by atoms with Crippen molar-refractivity contribution in [2.24, 2.45) is 0 Å². The van der Waals surface area contributed by atoms with Crippen LogP contribution in [0.15, 0.2) is 42.9 Å². The molecule has 2 heterocycles. The number of methoxy groups -OCH3 is 1. The largest absolute Gasteiger partial charge is 0.386 e. The van der Waals surface area contributed by atoms with E-state index in [4.69, 9.17) is 4.74 Å². The minimum atomic E-state index is -0.944. The van der Waals surface area contributed by atoms with Crippen molar-refractivity contribution in [2.45, 2.75) is 32.4 Å². The van der Waals surface area contributed by atoms with Gasteiger partial charge in [-0.05, 0) is 31.9 Å². The van der Waals surface area contributed by atoms with E-state index >= 15 is 0 Å². The highest BCUT2D eigenvalue weighted by Crippen LogP contribution is 2.31. The number of aryl methyl sites for hydroxylation is 1. The number of anilines is 1. The third kappa shape index (κ3) is 3.50. The number of hydrogen-bond acceptors (Lipinski definition) is 5. The Morgan fingerprint density at radius 1 is 1.28 bits per heavy atom. The van der Waals surface area contributed by atoms with Crippen LogP contribution >= 0.6 is 0 Å². The molecule has 0 radical (unpaired) electrons. The predicted molar refractivity (Wildman–Crippen MR) is 97.7 cm³/mol. The molecular formula is C19H24N4O2. The zero-order chi connectivity index (χ0) is 18.0. The van der Waals surface area contributed by atoms with Gasteiger partial charge in [0.2, 0.25) is 0 Å². The van der Waals surface area contributed by atoms with E-state index in [0.29, 0.717) is 12.4 Å². The fourth-order valence-electron chi connectivity index (χ4n) is 3.12. The summed E-state index contributed by atoms with van der Waals surface area (Å²) in [5, 5.41) is 18.2. The predicted octanol–water partition coefficient (Wildman–Crippen LogP) is 3.06. The highest BCUT2D eigenvalue weighted by Gasteiger charge is 2.24. The maximum Gasteiger partial charge on any atom is 0.154 e. The van der Waals surface area contributed by atoms with E-state index in [1.54, 1.807) is 25.5 Å². The van der Waals surface area contributed by atoms with Crippen LogP contribution in [-0.4, -0.2) is 33.4 Å². The number of aromatic nitrogens is 3. The minimum Gasteiger partial charge on any atom is -0.386 e. The molecule has 6 nitrogen and oxygen atoms in total. The maximum absolute atomic E-state index is 10.4. The van der Waals surface area contributed by atoms with E-state index in [-0.39, 0.29) is 6.04 Å². The van der Waals surface area contributed by atoms with E-state index in [9.17, 15) is 5.11 Å². The monoisotopic (exact) mass is 340 g/mol. The van der Waals surface area contributed by atoms with Crippen LogP contribution in [-0.2, 0) is 10.3 Å². The molecule has 1 atom stereocenters. The SMILES string of the molecule is COCC(Nc1ncnn2cc(C(C)(C)O)c(C)c12)c1ccccc1. The summed E-state index contributed by atoms with van der Waals surface area (Å²) in [6.07, 6.45) is 3.36. The van der Waals surface area contributed by atoms with E-state index in [1.807, 2.05) is 31.3 Å². The summed E-state index contributed by atoms with van der Waals surface area (Å²) in [4.78, 5) is 4.43. The van der Waals surface area contributed by atoms with Gasteiger partial charge in [0.05, 0.1) is 18.2 Å². The summed E-state index contributed by atoms with van der Waals surface area (Å²) in [6.45, 7) is 6.03. The molecule has 1 aromatic carbocycles. The van der Waals surface area contributed by atoms with Crippen molar-refractivity contribution in [1.82, 2.24) is 14.6 Å². The minimum absolute atomic E-state index is 0.0372. The smallest absolute Gasteiger partial charge is 0.154 e. The van der Waals surface area contributed by atoms with Crippen LogP contribution in [0.2, 0.25) is 0 Å². The Morgan fingerprint density at radius 2 is 2.00 bits per heavy atom. The van der Waals surface area contributed by atoms with E-state index in [0.717, 1.165) is 22.2 Å². The number of nitrogens with zero attached hydrogens (tertiary/aromatic N) is 3. The van der Waals surface area contributed by atoms with Crippen molar-refractivity contribution in [3.05, 3.63) is 59.5 Å². The maximum atomic E-state index is 10.4. The Balaban J connectivity index is 2.04. The first-order chi connectivity index (χ1) is 11.9. The Hall–Kier alpha value is -2.44. The lowest BCUT2D eigenvalue weighted by molar-refractivity contribution is 0.0780. The summed E-state index contributed by atoms with van der Waals surface area (Å²) < 4.78 is 7.14. The van der Waals surface area contributed by atoms with Gasteiger partial charge in [0.25, 0.3) is 0 Å². The molecule has 0 aliphatic heterocycles. The van der Waals surface area contributed by atoms with Crippen LogP contribution in [0.5, 0.6) is 0 Å². The van der Waals surface area contributed by atoms with Crippen molar-refractivity contribution in [3.8, 4) is 0 Å². The van der Waals surface area contributed by atoms with Crippen LogP contribution < -0.4 is 5.32 Å². The molecule has 0 bridgehead atoms. The quantitative estimate of drug-likeness (QED) is 0.721. The first-order valence-electron chi connectivity index (χ1n) is 8.28. The fraction of sp³-hybridized carbons (Fsp3) is 0.368. The molecule has 3 rings (SSSR count). The lowest BCUT2D eigenvalue weighted by Gasteiger charge is -2.20. The molecule has 3 aromatic rings. The van der Waals surface area contributed by atoms with Gasteiger partial charge in [0.15, 0.2) is 5.82 Å². The molecule has 0 saturated heterocycles. The van der Waals surface area contributed by atoms with Gasteiger partial charge in [-0.15, -0.1) is 0 Å². The average Bonchev–Trinajstić information content (AvgIpc) is 2.93. The summed E-state index contributed by atoms with van der Waals surface area (Å²) >= 11 is 0. The van der Waals surface area contributed by atoms with Crippen molar-refractivity contribution in [3.63, 3.8) is 0 Å². The van der Waals surface area contributed by atoms with Gasteiger partial charge in [-0.25, -0.2) is 9.50 Å². The number of rotatable bonds is 6. The third-order valence-corrected chi connectivity index (χ3v) is 4.33. The number of benzene rings is 1. The average molecular weight is 340 g/mol. The van der Waals surface area contributed by atoms with Gasteiger partial charge >= 0.3 is 0 Å². The molecule has 0 saturated carbocycles. The molecule has 2 aromatic heterocycles. The standard InChI is InChI=1S/C19H24N4O2/c1-13-15(19(2,3)24)10-23-17(13)18(20-12-21-23)22-16(11-25-4)14-8-6-5-7-9-14/h5-10,12,16,24H,11H2,1-4H3,(H,20,21,22). The number of aliphatic hydroxyl groups is 1. The van der Waals surface area contributed by atoms with Gasteiger partial charge in [-0.3, -0.25) is 0 Å². The number of nitrogens with one attached hydrogen (secondary N) is 1. The van der Waals surface area contributed by atoms with Crippen molar-refractivity contribution < 1.29 is 9.84 Å². The first kappa shape index (κ1) is 17.4. The first-order valence-corrected chi connectivity index (χ1v) is 8.28. The van der Waals surface area contributed by atoms with Crippen LogP contribution in [0.1, 0.15) is 36.6 Å². The van der Waals surface area contributed by atoms with Crippen LogP contribution in [0, 0.1) is 6.92 Å². The van der Waals surface area contributed by atoms with Crippen molar-refractivity contribution in [1.29, 1.82) is 0 Å². The van der Waals surface area contributed by atoms with Gasteiger partial charge in [0, 0.05) is 18.9 Å². The molecule has 0 aliphatic rings. The Bertz CT molecular complexity index is 853. The zero-order valence-electron chi connectivity index (χ0n) is 15.0. The van der Waals surface area contributed by atoms with E-state index in [1.165, 1.54) is 6.33 Å². The van der Waals surface area contributed by atoms with Crippen LogP contribution in [0.3, 0.4) is 0 Å². The van der Waals surface area contributed by atoms with E-state index < -0.39 is 5.60 Å². The van der Waals surface area contributed by atoms with Crippen molar-refractivity contribution in [2.75, 3.05) is 19.0 Å². The molecule has 132 valence electrons. The van der Waals surface area contributed by atoms with Crippen molar-refractivity contribution >= 4 is 11.3 Å². The summed E-state index contributed by atoms with van der Waals surface area (Å²) in [5.74, 6) is 0.717. The third-order valence-electron chi connectivity index (χ3n) is 4.33. The van der Waals surface area contributed by atoms with Gasteiger partial charge in [-0.1, -0.05) is 30.3 Å². The second kappa shape index (κ2) is 6.82. The van der Waals surface area contributed by atoms with Gasteiger partial charge in [-0.2, -0.15) is 5.10 Å². The molecule has 0 spiro atoms. The highest BCUT2D eigenvalue weighted by molar-refractivity contribution is 5.74.